The van der Waals surface area contributed by atoms with Crippen molar-refractivity contribution in [1.29, 1.82) is 0 Å². The lowest BCUT2D eigenvalue weighted by Crippen LogP contribution is -2.52. The third-order valence-corrected chi connectivity index (χ3v) is 11.7. The third-order valence-electron chi connectivity index (χ3n) is 11.7. The van der Waals surface area contributed by atoms with Gasteiger partial charge in [-0.2, -0.15) is 0 Å². The summed E-state index contributed by atoms with van der Waals surface area (Å²) in [5.74, 6) is 5.51. The number of ketones is 1. The number of rotatable bonds is 3. The Morgan fingerprint density at radius 1 is 1.11 bits per heavy atom. The molecule has 11 atom stereocenters. The van der Waals surface area contributed by atoms with Gasteiger partial charge >= 0.3 is 0 Å². The number of nitrogens with zero attached hydrogens (tertiary/aromatic N) is 3. The zero-order chi connectivity index (χ0) is 24.3. The SMILES string of the molecule is C[C@H]1C2[C@H]1[C@H](C(=O)Cn1nnc3cc(F)ccc31)[C@@]1(C)CC[C@H]3[C@@H](CC[C@@H]4C[C@](C)(O)CC[C@@H]43)[C@H]21. The molecule has 0 saturated heterocycles. The first kappa shape index (κ1) is 22.4. The molecular formula is C29H38FN3O2. The molecule has 5 aliphatic rings. The van der Waals surface area contributed by atoms with Crippen molar-refractivity contribution in [2.45, 2.75) is 77.9 Å². The second-order valence-electron chi connectivity index (χ2n) is 13.5. The van der Waals surface area contributed by atoms with Crippen LogP contribution in [0.4, 0.5) is 4.39 Å². The number of fused-ring (bicyclic) bond motifs is 8. The fraction of sp³-hybridized carbons (Fsp3) is 0.759. The normalized spacial score (nSPS) is 48.1. The highest BCUT2D eigenvalue weighted by Gasteiger charge is 2.74. The molecule has 188 valence electrons. The second kappa shape index (κ2) is 7.36. The van der Waals surface area contributed by atoms with Crippen molar-refractivity contribution in [2.24, 2.45) is 58.7 Å². The lowest BCUT2D eigenvalue weighted by Gasteiger charge is -2.58. The van der Waals surface area contributed by atoms with Crippen LogP contribution in [0, 0.1) is 64.5 Å². The molecule has 35 heavy (non-hydrogen) atoms. The van der Waals surface area contributed by atoms with E-state index in [-0.39, 0.29) is 23.7 Å². The number of carbonyl (C=O) groups excluding carboxylic acids is 1. The van der Waals surface area contributed by atoms with Crippen LogP contribution in [-0.4, -0.2) is 31.5 Å². The van der Waals surface area contributed by atoms with E-state index in [0.29, 0.717) is 40.9 Å². The second-order valence-corrected chi connectivity index (χ2v) is 13.5. The van der Waals surface area contributed by atoms with Crippen LogP contribution in [0.15, 0.2) is 18.2 Å². The minimum Gasteiger partial charge on any atom is -0.390 e. The molecule has 2 aromatic rings. The molecule has 6 heteroatoms. The highest BCUT2D eigenvalue weighted by atomic mass is 19.1. The summed E-state index contributed by atoms with van der Waals surface area (Å²) in [7, 11) is 0. The molecule has 1 heterocycles. The van der Waals surface area contributed by atoms with Gasteiger partial charge in [-0.1, -0.05) is 19.1 Å². The Hall–Kier alpha value is -1.82. The molecule has 5 fully saturated rings. The molecule has 1 N–H and O–H groups in total. The van der Waals surface area contributed by atoms with E-state index in [9.17, 15) is 14.3 Å². The molecule has 7 rings (SSSR count). The van der Waals surface area contributed by atoms with Crippen molar-refractivity contribution in [3.63, 3.8) is 0 Å². The van der Waals surface area contributed by atoms with Crippen LogP contribution in [0.25, 0.3) is 11.0 Å². The number of carbonyl (C=O) groups is 1. The number of aliphatic hydroxyl groups is 1. The highest BCUT2D eigenvalue weighted by molar-refractivity contribution is 5.85. The van der Waals surface area contributed by atoms with Crippen molar-refractivity contribution in [2.75, 3.05) is 0 Å². The van der Waals surface area contributed by atoms with Gasteiger partial charge in [-0.15, -0.1) is 5.10 Å². The molecule has 0 aliphatic heterocycles. The largest absolute Gasteiger partial charge is 0.390 e. The van der Waals surface area contributed by atoms with E-state index in [1.807, 2.05) is 6.92 Å². The predicted octanol–water partition coefficient (Wildman–Crippen LogP) is 5.26. The summed E-state index contributed by atoms with van der Waals surface area (Å²) in [6.07, 6.45) is 8.01. The van der Waals surface area contributed by atoms with Gasteiger partial charge in [0.05, 0.1) is 11.1 Å². The zero-order valence-corrected chi connectivity index (χ0v) is 21.2. The van der Waals surface area contributed by atoms with Crippen LogP contribution >= 0.6 is 0 Å². The topological polar surface area (TPSA) is 68.0 Å². The van der Waals surface area contributed by atoms with Gasteiger partial charge in [-0.25, -0.2) is 9.07 Å². The summed E-state index contributed by atoms with van der Waals surface area (Å²) in [6, 6.07) is 4.49. The number of hydrogen-bond donors (Lipinski definition) is 1. The van der Waals surface area contributed by atoms with E-state index in [1.54, 1.807) is 10.7 Å². The van der Waals surface area contributed by atoms with Crippen LogP contribution < -0.4 is 0 Å². The zero-order valence-electron chi connectivity index (χ0n) is 21.2. The van der Waals surface area contributed by atoms with Gasteiger partial charge in [0.25, 0.3) is 0 Å². The van der Waals surface area contributed by atoms with E-state index in [2.05, 4.69) is 24.2 Å². The quantitative estimate of drug-likeness (QED) is 0.652. The average molecular weight is 480 g/mol. The number of Topliss-reactive ketones (excluding diaryl/α,β-unsaturated/α-hetero) is 1. The lowest BCUT2D eigenvalue weighted by atomic mass is 9.47. The summed E-state index contributed by atoms with van der Waals surface area (Å²) < 4.78 is 15.3. The smallest absolute Gasteiger partial charge is 0.158 e. The fourth-order valence-corrected chi connectivity index (χ4v) is 10.4. The third kappa shape index (κ3) is 3.17. The molecule has 1 aromatic heterocycles. The molecule has 5 nitrogen and oxygen atoms in total. The summed E-state index contributed by atoms with van der Waals surface area (Å²) in [5.41, 5.74) is 0.843. The summed E-state index contributed by atoms with van der Waals surface area (Å²) in [5, 5.41) is 19.0. The van der Waals surface area contributed by atoms with E-state index in [0.717, 1.165) is 42.5 Å². The Labute approximate surface area is 206 Å². The number of benzene rings is 1. The monoisotopic (exact) mass is 479 g/mol. The first-order valence-corrected chi connectivity index (χ1v) is 13.9. The lowest BCUT2D eigenvalue weighted by molar-refractivity contribution is -0.137. The van der Waals surface area contributed by atoms with E-state index in [1.165, 1.54) is 37.8 Å². The fourth-order valence-electron chi connectivity index (χ4n) is 10.4. The Bertz CT molecular complexity index is 1190. The first-order valence-electron chi connectivity index (χ1n) is 13.9. The van der Waals surface area contributed by atoms with Crippen molar-refractivity contribution in [3.8, 4) is 0 Å². The molecule has 5 aliphatic carbocycles. The maximum Gasteiger partial charge on any atom is 0.158 e. The van der Waals surface area contributed by atoms with Crippen molar-refractivity contribution < 1.29 is 14.3 Å². The summed E-state index contributed by atoms with van der Waals surface area (Å²) in [4.78, 5) is 13.9. The molecule has 0 amide bonds. The van der Waals surface area contributed by atoms with Gasteiger partial charge in [-0.3, -0.25) is 4.79 Å². The number of hydrogen-bond acceptors (Lipinski definition) is 4. The number of halogens is 1. The molecule has 5 saturated carbocycles. The van der Waals surface area contributed by atoms with E-state index in [4.69, 9.17) is 0 Å². The minimum absolute atomic E-state index is 0.0790. The van der Waals surface area contributed by atoms with Crippen molar-refractivity contribution >= 4 is 16.8 Å². The molecule has 1 aromatic carbocycles. The molecule has 1 unspecified atom stereocenters. The highest BCUT2D eigenvalue weighted by Crippen LogP contribution is 2.77. The van der Waals surface area contributed by atoms with Gasteiger partial charge in [0.15, 0.2) is 5.78 Å². The maximum atomic E-state index is 13.9. The van der Waals surface area contributed by atoms with Crippen molar-refractivity contribution in [3.05, 3.63) is 24.0 Å². The molecule has 0 bridgehead atoms. The Kier molecular flexibility index (Phi) is 4.71. The van der Waals surface area contributed by atoms with Gasteiger partial charge < -0.3 is 5.11 Å². The number of aromatic nitrogens is 3. The van der Waals surface area contributed by atoms with Crippen LogP contribution in [0.2, 0.25) is 0 Å². The standard InChI is InChI=1S/C29H38FN3O2/c1-15-24-25(15)27(23(34)14-33-22-7-5-17(30)12-21(22)31-32-33)29(3)11-9-19-18-8-10-28(2,35)13-16(18)4-6-20(19)26(24)29/h5,7,12,15-16,18-20,24-27,35H,4,6,8-11,13-14H2,1-3H3/t15-,16+,18-,19+,20+,24?,25-,26+,27-,28+,29-/m0/s1. The summed E-state index contributed by atoms with van der Waals surface area (Å²) >= 11 is 0. The van der Waals surface area contributed by atoms with Gasteiger partial charge in [0.1, 0.15) is 17.9 Å². The Morgan fingerprint density at radius 2 is 1.91 bits per heavy atom. The van der Waals surface area contributed by atoms with Gasteiger partial charge in [0.2, 0.25) is 0 Å². The minimum atomic E-state index is -0.477. The van der Waals surface area contributed by atoms with Crippen LogP contribution in [-0.2, 0) is 11.3 Å². The Balaban J connectivity index is 1.16. The average Bonchev–Trinajstić information content (AvgIpc) is 3.13. The van der Waals surface area contributed by atoms with E-state index < -0.39 is 5.60 Å². The Morgan fingerprint density at radius 3 is 2.74 bits per heavy atom. The van der Waals surface area contributed by atoms with Crippen LogP contribution in [0.5, 0.6) is 0 Å². The van der Waals surface area contributed by atoms with Crippen molar-refractivity contribution in [1.82, 2.24) is 15.0 Å². The van der Waals surface area contributed by atoms with Gasteiger partial charge in [0, 0.05) is 12.0 Å². The van der Waals surface area contributed by atoms with E-state index >= 15 is 0 Å². The molecule has 0 spiro atoms. The summed E-state index contributed by atoms with van der Waals surface area (Å²) in [6.45, 7) is 7.07. The van der Waals surface area contributed by atoms with Gasteiger partial charge in [-0.05, 0) is 117 Å². The predicted molar refractivity (Wildman–Crippen MR) is 131 cm³/mol. The molecular weight excluding hydrogens is 441 g/mol. The first-order chi connectivity index (χ1) is 16.7. The molecule has 0 radical (unpaired) electrons. The maximum absolute atomic E-state index is 13.9. The van der Waals surface area contributed by atoms with Crippen LogP contribution in [0.3, 0.4) is 0 Å². The van der Waals surface area contributed by atoms with Crippen LogP contribution in [0.1, 0.15) is 65.7 Å².